The molecule has 4 nitrogen and oxygen atoms in total. The van der Waals surface area contributed by atoms with Crippen molar-refractivity contribution in [3.63, 3.8) is 0 Å². The van der Waals surface area contributed by atoms with Gasteiger partial charge in [0.2, 0.25) is 6.54 Å². The van der Waals surface area contributed by atoms with E-state index < -0.39 is 0 Å². The second-order valence-electron chi connectivity index (χ2n) is 9.77. The number of nitro groups is 1. The minimum Gasteiger partial charge on any atom is -0.300 e. The van der Waals surface area contributed by atoms with Gasteiger partial charge < -0.3 is 0 Å². The van der Waals surface area contributed by atoms with Crippen molar-refractivity contribution in [2.75, 3.05) is 6.54 Å². The summed E-state index contributed by atoms with van der Waals surface area (Å²) in [4.78, 5) is 22.9. The molecule has 0 spiro atoms. The van der Waals surface area contributed by atoms with Crippen molar-refractivity contribution >= 4 is 5.78 Å². The second-order valence-corrected chi connectivity index (χ2v) is 9.77. The van der Waals surface area contributed by atoms with E-state index in [2.05, 4.69) is 26.0 Å². The summed E-state index contributed by atoms with van der Waals surface area (Å²) >= 11 is 0. The fourth-order valence-electron chi connectivity index (χ4n) is 7.34. The van der Waals surface area contributed by atoms with E-state index in [-0.39, 0.29) is 28.2 Å². The van der Waals surface area contributed by atoms with Crippen LogP contribution in [0.15, 0.2) is 23.3 Å². The lowest BCUT2D eigenvalue weighted by Gasteiger charge is -2.57. The Labute approximate surface area is 156 Å². The zero-order valence-electron chi connectivity index (χ0n) is 16.3. The minimum atomic E-state index is -0.201. The van der Waals surface area contributed by atoms with Gasteiger partial charge in [-0.05, 0) is 86.0 Å². The zero-order valence-corrected chi connectivity index (χ0v) is 16.3. The summed E-state index contributed by atoms with van der Waals surface area (Å²) in [5, 5.41) is 10.9. The summed E-state index contributed by atoms with van der Waals surface area (Å²) in [6.45, 7) is 6.55. The molecule has 0 N–H and O–H groups in total. The summed E-state index contributed by atoms with van der Waals surface area (Å²) in [7, 11) is 0. The normalized spacial score (nSPS) is 44.3. The van der Waals surface area contributed by atoms with Crippen LogP contribution in [-0.4, -0.2) is 17.3 Å². The van der Waals surface area contributed by atoms with Crippen molar-refractivity contribution in [2.45, 2.75) is 65.7 Å². The molecule has 4 rings (SSSR count). The Hall–Kier alpha value is -1.45. The SMILES string of the molecule is CC(=O)C1CCC2C3CC=C4C=C(C[N+](=O)[O-])CCC4(C)C3CCC12C. The highest BCUT2D eigenvalue weighted by Gasteiger charge is 2.58. The van der Waals surface area contributed by atoms with E-state index in [0.29, 0.717) is 23.5 Å². The van der Waals surface area contributed by atoms with Crippen molar-refractivity contribution in [1.29, 1.82) is 0 Å². The van der Waals surface area contributed by atoms with E-state index >= 15 is 0 Å². The lowest BCUT2D eigenvalue weighted by molar-refractivity contribution is -0.471. The van der Waals surface area contributed by atoms with Crippen LogP contribution in [0.5, 0.6) is 0 Å². The highest BCUT2D eigenvalue weighted by Crippen LogP contribution is 2.66. The molecule has 6 unspecified atom stereocenters. The molecule has 2 saturated carbocycles. The first-order valence-corrected chi connectivity index (χ1v) is 10.3. The molecule has 4 heteroatoms. The molecule has 0 heterocycles. The Morgan fingerprint density at radius 1 is 1.23 bits per heavy atom. The summed E-state index contributed by atoms with van der Waals surface area (Å²) in [5.74, 6) is 2.65. The van der Waals surface area contributed by atoms with Crippen LogP contribution in [0.2, 0.25) is 0 Å². The maximum atomic E-state index is 12.2. The summed E-state index contributed by atoms with van der Waals surface area (Å²) < 4.78 is 0. The van der Waals surface area contributed by atoms with Gasteiger partial charge in [0.15, 0.2) is 0 Å². The largest absolute Gasteiger partial charge is 0.300 e. The van der Waals surface area contributed by atoms with Gasteiger partial charge in [-0.15, -0.1) is 0 Å². The van der Waals surface area contributed by atoms with Crippen molar-refractivity contribution < 1.29 is 9.72 Å². The molecular weight excluding hydrogens is 326 g/mol. The van der Waals surface area contributed by atoms with Crippen molar-refractivity contribution in [2.24, 2.45) is 34.5 Å². The molecular formula is C22H31NO3. The number of hydrogen-bond donors (Lipinski definition) is 0. The summed E-state index contributed by atoms with van der Waals surface area (Å²) in [6, 6.07) is 0. The second kappa shape index (κ2) is 6.03. The first-order chi connectivity index (χ1) is 12.3. The Balaban J connectivity index is 1.64. The molecule has 26 heavy (non-hydrogen) atoms. The number of Topliss-reactive ketones (excluding diaryl/α,β-unsaturated/α-hetero) is 1. The molecule has 2 fully saturated rings. The van der Waals surface area contributed by atoms with Crippen LogP contribution in [-0.2, 0) is 4.79 Å². The molecule has 4 aliphatic carbocycles. The quantitative estimate of drug-likeness (QED) is 0.529. The number of ketones is 1. The first kappa shape index (κ1) is 17.9. The van der Waals surface area contributed by atoms with Crippen LogP contribution < -0.4 is 0 Å². The molecule has 0 aromatic rings. The maximum absolute atomic E-state index is 12.2. The first-order valence-electron chi connectivity index (χ1n) is 10.3. The fraction of sp³-hybridized carbons (Fsp3) is 0.773. The topological polar surface area (TPSA) is 60.2 Å². The maximum Gasteiger partial charge on any atom is 0.225 e. The molecule has 142 valence electrons. The number of nitrogens with zero attached hydrogens (tertiary/aromatic N) is 1. The van der Waals surface area contributed by atoms with E-state index in [1.54, 1.807) is 6.92 Å². The van der Waals surface area contributed by atoms with Gasteiger partial charge in [0.05, 0.1) is 0 Å². The Morgan fingerprint density at radius 2 is 2.00 bits per heavy atom. The van der Waals surface area contributed by atoms with Gasteiger partial charge in [-0.1, -0.05) is 26.0 Å². The molecule has 0 saturated heterocycles. The number of hydrogen-bond acceptors (Lipinski definition) is 3. The predicted molar refractivity (Wildman–Crippen MR) is 101 cm³/mol. The number of allylic oxidation sites excluding steroid dienone is 3. The average molecular weight is 357 g/mol. The van der Waals surface area contributed by atoms with E-state index in [1.165, 1.54) is 18.4 Å². The Morgan fingerprint density at radius 3 is 2.69 bits per heavy atom. The van der Waals surface area contributed by atoms with Crippen LogP contribution in [0, 0.1) is 44.6 Å². The molecule has 0 aromatic heterocycles. The van der Waals surface area contributed by atoms with Gasteiger partial charge in [-0.3, -0.25) is 14.9 Å². The number of fused-ring (bicyclic) bond motifs is 5. The van der Waals surface area contributed by atoms with Gasteiger partial charge in [-0.25, -0.2) is 0 Å². The average Bonchev–Trinajstić information content (AvgIpc) is 2.92. The summed E-state index contributed by atoms with van der Waals surface area (Å²) in [5.41, 5.74) is 2.69. The van der Waals surface area contributed by atoms with Crippen molar-refractivity contribution in [1.82, 2.24) is 0 Å². The van der Waals surface area contributed by atoms with Crippen molar-refractivity contribution in [3.05, 3.63) is 33.4 Å². The lowest BCUT2D eigenvalue weighted by atomic mass is 9.47. The third-order valence-corrected chi connectivity index (χ3v) is 8.67. The fourth-order valence-corrected chi connectivity index (χ4v) is 7.34. The van der Waals surface area contributed by atoms with E-state index in [4.69, 9.17) is 0 Å². The van der Waals surface area contributed by atoms with Gasteiger partial charge in [0.1, 0.15) is 5.78 Å². The minimum absolute atomic E-state index is 0.0114. The lowest BCUT2D eigenvalue weighted by Crippen LogP contribution is -2.49. The molecule has 0 bridgehead atoms. The smallest absolute Gasteiger partial charge is 0.225 e. The Kier molecular flexibility index (Phi) is 4.16. The molecule has 0 radical (unpaired) electrons. The van der Waals surface area contributed by atoms with Gasteiger partial charge >= 0.3 is 0 Å². The van der Waals surface area contributed by atoms with Crippen LogP contribution in [0.4, 0.5) is 0 Å². The molecule has 0 amide bonds. The predicted octanol–water partition coefficient (Wildman–Crippen LogP) is 4.97. The number of rotatable bonds is 3. The van der Waals surface area contributed by atoms with Crippen LogP contribution in [0.3, 0.4) is 0 Å². The van der Waals surface area contributed by atoms with E-state index in [0.717, 1.165) is 37.7 Å². The monoisotopic (exact) mass is 357 g/mol. The highest BCUT2D eigenvalue weighted by molar-refractivity contribution is 5.79. The zero-order chi connectivity index (χ0) is 18.7. The van der Waals surface area contributed by atoms with E-state index in [1.807, 2.05) is 0 Å². The standard InChI is InChI=1S/C22H31NO3/c1-14(24)18-6-7-19-17-5-4-16-12-15(13-23(25)26)8-10-21(16,2)20(17)9-11-22(18,19)3/h4,12,17-20H,5-11,13H2,1-3H3. The highest BCUT2D eigenvalue weighted by atomic mass is 16.6. The van der Waals surface area contributed by atoms with E-state index in [9.17, 15) is 14.9 Å². The summed E-state index contributed by atoms with van der Waals surface area (Å²) in [6.07, 6.45) is 12.1. The Bertz CT molecular complexity index is 708. The van der Waals surface area contributed by atoms with Crippen LogP contribution in [0.1, 0.15) is 65.7 Å². The van der Waals surface area contributed by atoms with Crippen molar-refractivity contribution in [3.8, 4) is 0 Å². The number of carbonyl (C=O) groups is 1. The third kappa shape index (κ3) is 2.51. The third-order valence-electron chi connectivity index (χ3n) is 8.67. The molecule has 0 aromatic carbocycles. The van der Waals surface area contributed by atoms with Gasteiger partial charge in [0.25, 0.3) is 0 Å². The molecule has 6 atom stereocenters. The van der Waals surface area contributed by atoms with Gasteiger partial charge in [-0.2, -0.15) is 0 Å². The van der Waals surface area contributed by atoms with Crippen LogP contribution >= 0.6 is 0 Å². The molecule has 4 aliphatic rings. The van der Waals surface area contributed by atoms with Gasteiger partial charge in [0, 0.05) is 16.4 Å². The number of carbonyl (C=O) groups excluding carboxylic acids is 1. The van der Waals surface area contributed by atoms with Crippen LogP contribution in [0.25, 0.3) is 0 Å². The molecule has 0 aliphatic heterocycles.